The SMILES string of the molecule is CC(=O)Oc1ccc(-c2ccccc2)c(C)c1C. The van der Waals surface area contributed by atoms with E-state index in [1.807, 2.05) is 44.2 Å². The minimum Gasteiger partial charge on any atom is -0.426 e. The lowest BCUT2D eigenvalue weighted by molar-refractivity contribution is -0.131. The molecule has 0 bridgehead atoms. The van der Waals surface area contributed by atoms with Crippen molar-refractivity contribution in [1.29, 1.82) is 0 Å². The summed E-state index contributed by atoms with van der Waals surface area (Å²) >= 11 is 0. The van der Waals surface area contributed by atoms with Gasteiger partial charge in [0.25, 0.3) is 0 Å². The first-order chi connectivity index (χ1) is 8.59. The van der Waals surface area contributed by atoms with Gasteiger partial charge >= 0.3 is 5.97 Å². The molecule has 0 saturated heterocycles. The molecule has 0 aliphatic rings. The van der Waals surface area contributed by atoms with Gasteiger partial charge in [0.15, 0.2) is 0 Å². The van der Waals surface area contributed by atoms with Gasteiger partial charge in [0.2, 0.25) is 0 Å². The minimum atomic E-state index is -0.287. The van der Waals surface area contributed by atoms with Crippen LogP contribution in [0.25, 0.3) is 11.1 Å². The van der Waals surface area contributed by atoms with Gasteiger partial charge in [-0.3, -0.25) is 4.79 Å². The summed E-state index contributed by atoms with van der Waals surface area (Å²) in [7, 11) is 0. The van der Waals surface area contributed by atoms with Crippen LogP contribution in [0.2, 0.25) is 0 Å². The molecule has 18 heavy (non-hydrogen) atoms. The second-order valence-corrected chi connectivity index (χ2v) is 4.32. The molecule has 0 fully saturated rings. The van der Waals surface area contributed by atoms with Crippen molar-refractivity contribution in [3.8, 4) is 16.9 Å². The Bertz CT molecular complexity index is 571. The van der Waals surface area contributed by atoms with E-state index in [1.165, 1.54) is 18.1 Å². The topological polar surface area (TPSA) is 26.3 Å². The highest BCUT2D eigenvalue weighted by molar-refractivity contribution is 5.73. The molecule has 2 nitrogen and oxygen atoms in total. The molecule has 0 unspecified atom stereocenters. The van der Waals surface area contributed by atoms with Crippen LogP contribution in [0.4, 0.5) is 0 Å². The number of carbonyl (C=O) groups is 1. The maximum Gasteiger partial charge on any atom is 0.308 e. The zero-order valence-corrected chi connectivity index (χ0v) is 10.9. The molecule has 2 aromatic rings. The van der Waals surface area contributed by atoms with E-state index in [0.29, 0.717) is 5.75 Å². The smallest absolute Gasteiger partial charge is 0.308 e. The van der Waals surface area contributed by atoms with Crippen LogP contribution in [-0.2, 0) is 4.79 Å². The quantitative estimate of drug-likeness (QED) is 0.588. The molecular weight excluding hydrogens is 224 g/mol. The molecule has 2 rings (SSSR count). The van der Waals surface area contributed by atoms with E-state index < -0.39 is 0 Å². The zero-order chi connectivity index (χ0) is 13.1. The van der Waals surface area contributed by atoms with Crippen LogP contribution in [0.5, 0.6) is 5.75 Å². The van der Waals surface area contributed by atoms with Crippen molar-refractivity contribution in [2.45, 2.75) is 20.8 Å². The van der Waals surface area contributed by atoms with Gasteiger partial charge in [-0.2, -0.15) is 0 Å². The second kappa shape index (κ2) is 5.05. The first-order valence-corrected chi connectivity index (χ1v) is 5.93. The van der Waals surface area contributed by atoms with E-state index in [-0.39, 0.29) is 5.97 Å². The van der Waals surface area contributed by atoms with Gasteiger partial charge < -0.3 is 4.74 Å². The van der Waals surface area contributed by atoms with Crippen molar-refractivity contribution >= 4 is 5.97 Å². The molecule has 0 aliphatic carbocycles. The summed E-state index contributed by atoms with van der Waals surface area (Å²) in [5.41, 5.74) is 4.49. The third kappa shape index (κ3) is 2.43. The van der Waals surface area contributed by atoms with Crippen LogP contribution in [-0.4, -0.2) is 5.97 Å². The van der Waals surface area contributed by atoms with Crippen LogP contribution in [0, 0.1) is 13.8 Å². The fraction of sp³-hybridized carbons (Fsp3) is 0.188. The van der Waals surface area contributed by atoms with E-state index in [9.17, 15) is 4.79 Å². The molecule has 0 spiro atoms. The number of hydrogen-bond donors (Lipinski definition) is 0. The fourth-order valence-corrected chi connectivity index (χ4v) is 1.99. The molecule has 0 heterocycles. The number of esters is 1. The standard InChI is InChI=1S/C16H16O2/c1-11-12(2)16(18-13(3)17)10-9-15(11)14-7-5-4-6-8-14/h4-10H,1-3H3. The molecular formula is C16H16O2. The number of benzene rings is 2. The third-order valence-corrected chi connectivity index (χ3v) is 3.08. The Balaban J connectivity index is 2.47. The molecule has 0 radical (unpaired) electrons. The predicted octanol–water partition coefficient (Wildman–Crippen LogP) is 3.90. The van der Waals surface area contributed by atoms with E-state index in [0.717, 1.165) is 11.1 Å². The Morgan fingerprint density at radius 3 is 2.22 bits per heavy atom. The van der Waals surface area contributed by atoms with Crippen molar-refractivity contribution in [2.24, 2.45) is 0 Å². The highest BCUT2D eigenvalue weighted by Crippen LogP contribution is 2.30. The van der Waals surface area contributed by atoms with Gasteiger partial charge in [-0.15, -0.1) is 0 Å². The average Bonchev–Trinajstić information content (AvgIpc) is 2.36. The Morgan fingerprint density at radius 1 is 0.944 bits per heavy atom. The zero-order valence-electron chi connectivity index (χ0n) is 10.9. The lowest BCUT2D eigenvalue weighted by Crippen LogP contribution is -2.03. The summed E-state index contributed by atoms with van der Waals surface area (Å²) in [6, 6.07) is 14.0. The molecule has 92 valence electrons. The lowest BCUT2D eigenvalue weighted by atomic mass is 9.96. The Morgan fingerprint density at radius 2 is 1.61 bits per heavy atom. The molecule has 0 aliphatic heterocycles. The maximum absolute atomic E-state index is 11.0. The number of ether oxygens (including phenoxy) is 1. The van der Waals surface area contributed by atoms with Crippen LogP contribution < -0.4 is 4.74 Å². The Labute approximate surface area is 107 Å². The van der Waals surface area contributed by atoms with E-state index >= 15 is 0 Å². The Kier molecular flexibility index (Phi) is 3.47. The normalized spacial score (nSPS) is 10.2. The molecule has 0 aromatic heterocycles. The van der Waals surface area contributed by atoms with Gasteiger partial charge in [0, 0.05) is 6.92 Å². The van der Waals surface area contributed by atoms with E-state index in [4.69, 9.17) is 4.74 Å². The fourth-order valence-electron chi connectivity index (χ4n) is 1.99. The maximum atomic E-state index is 11.0. The predicted molar refractivity (Wildman–Crippen MR) is 72.7 cm³/mol. The molecule has 0 amide bonds. The molecule has 0 atom stereocenters. The summed E-state index contributed by atoms with van der Waals surface area (Å²) in [4.78, 5) is 11.0. The monoisotopic (exact) mass is 240 g/mol. The first-order valence-electron chi connectivity index (χ1n) is 5.93. The van der Waals surface area contributed by atoms with Crippen LogP contribution in [0.1, 0.15) is 18.1 Å². The van der Waals surface area contributed by atoms with Crippen molar-refractivity contribution in [2.75, 3.05) is 0 Å². The van der Waals surface area contributed by atoms with Crippen molar-refractivity contribution < 1.29 is 9.53 Å². The van der Waals surface area contributed by atoms with Gasteiger partial charge in [-0.1, -0.05) is 36.4 Å². The number of carbonyl (C=O) groups excluding carboxylic acids is 1. The summed E-state index contributed by atoms with van der Waals surface area (Å²) in [6.07, 6.45) is 0. The van der Waals surface area contributed by atoms with Crippen molar-refractivity contribution in [3.05, 3.63) is 53.6 Å². The van der Waals surface area contributed by atoms with Gasteiger partial charge in [-0.25, -0.2) is 0 Å². The highest BCUT2D eigenvalue weighted by Gasteiger charge is 2.09. The van der Waals surface area contributed by atoms with Crippen LogP contribution >= 0.6 is 0 Å². The second-order valence-electron chi connectivity index (χ2n) is 4.32. The van der Waals surface area contributed by atoms with E-state index in [2.05, 4.69) is 12.1 Å². The van der Waals surface area contributed by atoms with E-state index in [1.54, 1.807) is 0 Å². The molecule has 2 heteroatoms. The third-order valence-electron chi connectivity index (χ3n) is 3.08. The van der Waals surface area contributed by atoms with Gasteiger partial charge in [0.1, 0.15) is 5.75 Å². The summed E-state index contributed by atoms with van der Waals surface area (Å²) < 4.78 is 5.18. The number of rotatable bonds is 2. The van der Waals surface area contributed by atoms with Gasteiger partial charge in [-0.05, 0) is 42.2 Å². The average molecular weight is 240 g/mol. The van der Waals surface area contributed by atoms with Crippen molar-refractivity contribution in [3.63, 3.8) is 0 Å². The van der Waals surface area contributed by atoms with Crippen LogP contribution in [0.15, 0.2) is 42.5 Å². The largest absolute Gasteiger partial charge is 0.426 e. The summed E-state index contributed by atoms with van der Waals surface area (Å²) in [6.45, 7) is 5.44. The summed E-state index contributed by atoms with van der Waals surface area (Å²) in [5.74, 6) is 0.352. The molecule has 2 aromatic carbocycles. The minimum absolute atomic E-state index is 0.287. The first kappa shape index (κ1) is 12.4. The lowest BCUT2D eigenvalue weighted by Gasteiger charge is -2.13. The highest BCUT2D eigenvalue weighted by atomic mass is 16.5. The van der Waals surface area contributed by atoms with Crippen molar-refractivity contribution in [1.82, 2.24) is 0 Å². The number of hydrogen-bond acceptors (Lipinski definition) is 2. The van der Waals surface area contributed by atoms with Crippen LogP contribution in [0.3, 0.4) is 0 Å². The van der Waals surface area contributed by atoms with Gasteiger partial charge in [0.05, 0.1) is 0 Å². The molecule has 0 saturated carbocycles. The molecule has 0 N–H and O–H groups in total. The Hall–Kier alpha value is -2.09. The summed E-state index contributed by atoms with van der Waals surface area (Å²) in [5, 5.41) is 0.